The standard InChI is InChI=1S/C16H25N3O2/c1-3-10-21-14-6-5-9-19(12-14)16(20)13-7-8-18-15(11-13)17-4-2/h7-8,11,14H,3-6,9-10,12H2,1-2H3,(H,17,18). The number of carbonyl (C=O) groups is 1. The van der Waals surface area contributed by atoms with Crippen molar-refractivity contribution in [3.63, 3.8) is 0 Å². The van der Waals surface area contributed by atoms with Crippen molar-refractivity contribution in [3.8, 4) is 0 Å². The van der Waals surface area contributed by atoms with E-state index in [-0.39, 0.29) is 12.0 Å². The molecule has 1 aliphatic rings. The number of ether oxygens (including phenoxy) is 1. The van der Waals surface area contributed by atoms with Crippen LogP contribution in [0.3, 0.4) is 0 Å². The first kappa shape index (κ1) is 15.8. The molecule has 1 aliphatic heterocycles. The van der Waals surface area contributed by atoms with Gasteiger partial charge in [0.25, 0.3) is 5.91 Å². The van der Waals surface area contributed by atoms with Crippen molar-refractivity contribution >= 4 is 11.7 Å². The molecule has 1 atom stereocenters. The number of amides is 1. The number of anilines is 1. The van der Waals surface area contributed by atoms with Crippen LogP contribution in [0, 0.1) is 0 Å². The Bertz CT molecular complexity index is 465. The van der Waals surface area contributed by atoms with Gasteiger partial charge in [-0.25, -0.2) is 4.98 Å². The summed E-state index contributed by atoms with van der Waals surface area (Å²) in [6, 6.07) is 3.60. The molecule has 0 aliphatic carbocycles. The number of carbonyl (C=O) groups excluding carboxylic acids is 1. The van der Waals surface area contributed by atoms with E-state index in [9.17, 15) is 4.79 Å². The predicted molar refractivity (Wildman–Crippen MR) is 83.6 cm³/mol. The Morgan fingerprint density at radius 3 is 3.14 bits per heavy atom. The molecule has 1 saturated heterocycles. The molecular weight excluding hydrogens is 266 g/mol. The predicted octanol–water partition coefficient (Wildman–Crippen LogP) is 2.54. The third kappa shape index (κ3) is 4.43. The van der Waals surface area contributed by atoms with Crippen molar-refractivity contribution in [2.24, 2.45) is 0 Å². The summed E-state index contributed by atoms with van der Waals surface area (Å²) in [6.07, 6.45) is 4.92. The number of pyridine rings is 1. The summed E-state index contributed by atoms with van der Waals surface area (Å²) in [7, 11) is 0. The van der Waals surface area contributed by atoms with Crippen molar-refractivity contribution in [2.45, 2.75) is 39.2 Å². The molecule has 5 heteroatoms. The summed E-state index contributed by atoms with van der Waals surface area (Å²) in [5.41, 5.74) is 0.692. The molecule has 2 rings (SSSR count). The number of piperidine rings is 1. The third-order valence-corrected chi connectivity index (χ3v) is 3.59. The molecule has 1 aromatic rings. The summed E-state index contributed by atoms with van der Waals surface area (Å²) < 4.78 is 5.79. The van der Waals surface area contributed by atoms with Gasteiger partial charge in [0.15, 0.2) is 0 Å². The first-order chi connectivity index (χ1) is 10.2. The van der Waals surface area contributed by atoms with Crippen LogP contribution in [0.25, 0.3) is 0 Å². The smallest absolute Gasteiger partial charge is 0.254 e. The maximum absolute atomic E-state index is 12.6. The molecular formula is C16H25N3O2. The Balaban J connectivity index is 2.00. The van der Waals surface area contributed by atoms with E-state index < -0.39 is 0 Å². The normalized spacial score (nSPS) is 18.6. The molecule has 1 unspecified atom stereocenters. The summed E-state index contributed by atoms with van der Waals surface area (Å²) >= 11 is 0. The number of rotatable bonds is 6. The lowest BCUT2D eigenvalue weighted by Crippen LogP contribution is -2.43. The number of hydrogen-bond donors (Lipinski definition) is 1. The van der Waals surface area contributed by atoms with Gasteiger partial charge >= 0.3 is 0 Å². The van der Waals surface area contributed by atoms with E-state index in [2.05, 4.69) is 17.2 Å². The van der Waals surface area contributed by atoms with Crippen molar-refractivity contribution in [1.29, 1.82) is 0 Å². The zero-order valence-corrected chi connectivity index (χ0v) is 13.0. The summed E-state index contributed by atoms with van der Waals surface area (Å²) in [5.74, 6) is 0.820. The molecule has 1 N–H and O–H groups in total. The summed E-state index contributed by atoms with van der Waals surface area (Å²) in [6.45, 7) is 7.18. The lowest BCUT2D eigenvalue weighted by atomic mass is 10.1. The zero-order chi connectivity index (χ0) is 15.1. The molecule has 116 valence electrons. The summed E-state index contributed by atoms with van der Waals surface area (Å²) in [5, 5.41) is 3.14. The van der Waals surface area contributed by atoms with Gasteiger partial charge in [-0.15, -0.1) is 0 Å². The highest BCUT2D eigenvalue weighted by Gasteiger charge is 2.25. The summed E-state index contributed by atoms with van der Waals surface area (Å²) in [4.78, 5) is 18.7. The van der Waals surface area contributed by atoms with Gasteiger partial charge in [0.2, 0.25) is 0 Å². The maximum atomic E-state index is 12.6. The number of nitrogens with one attached hydrogen (secondary N) is 1. The lowest BCUT2D eigenvalue weighted by molar-refractivity contribution is 0.00211. The van der Waals surface area contributed by atoms with E-state index in [1.54, 1.807) is 12.3 Å². The van der Waals surface area contributed by atoms with E-state index in [1.165, 1.54) is 0 Å². The Labute approximate surface area is 126 Å². The SMILES string of the molecule is CCCOC1CCCN(C(=O)c2ccnc(NCC)c2)C1. The highest BCUT2D eigenvalue weighted by atomic mass is 16.5. The Kier molecular flexibility index (Phi) is 5.99. The number of aromatic nitrogens is 1. The topological polar surface area (TPSA) is 54.5 Å². The fourth-order valence-corrected chi connectivity index (χ4v) is 2.57. The Hall–Kier alpha value is -1.62. The highest BCUT2D eigenvalue weighted by molar-refractivity contribution is 5.94. The van der Waals surface area contributed by atoms with Gasteiger partial charge < -0.3 is 15.0 Å². The van der Waals surface area contributed by atoms with Crippen LogP contribution in [0.1, 0.15) is 43.5 Å². The van der Waals surface area contributed by atoms with Crippen molar-refractivity contribution < 1.29 is 9.53 Å². The van der Waals surface area contributed by atoms with Crippen molar-refractivity contribution in [3.05, 3.63) is 23.9 Å². The minimum absolute atomic E-state index is 0.0707. The molecule has 0 saturated carbocycles. The minimum Gasteiger partial charge on any atom is -0.376 e. The average Bonchev–Trinajstić information content (AvgIpc) is 2.53. The van der Waals surface area contributed by atoms with Gasteiger partial charge in [-0.2, -0.15) is 0 Å². The first-order valence-corrected chi connectivity index (χ1v) is 7.85. The van der Waals surface area contributed by atoms with E-state index in [1.807, 2.05) is 17.9 Å². The largest absolute Gasteiger partial charge is 0.376 e. The van der Waals surface area contributed by atoms with Crippen LogP contribution in [0.2, 0.25) is 0 Å². The second kappa shape index (κ2) is 7.98. The average molecular weight is 291 g/mol. The number of nitrogens with zero attached hydrogens (tertiary/aromatic N) is 2. The molecule has 1 aromatic heterocycles. The quantitative estimate of drug-likeness (QED) is 0.875. The van der Waals surface area contributed by atoms with Crippen LogP contribution in [0.4, 0.5) is 5.82 Å². The van der Waals surface area contributed by atoms with E-state index in [0.717, 1.165) is 44.8 Å². The van der Waals surface area contributed by atoms with E-state index in [4.69, 9.17) is 4.74 Å². The molecule has 2 heterocycles. The van der Waals surface area contributed by atoms with Gasteiger partial charge in [0, 0.05) is 38.0 Å². The Morgan fingerprint density at radius 2 is 2.38 bits per heavy atom. The van der Waals surface area contributed by atoms with Crippen LogP contribution in [-0.4, -0.2) is 48.1 Å². The molecule has 0 aromatic carbocycles. The molecule has 1 amide bonds. The van der Waals surface area contributed by atoms with E-state index in [0.29, 0.717) is 12.1 Å². The van der Waals surface area contributed by atoms with Gasteiger partial charge in [-0.3, -0.25) is 4.79 Å². The number of likely N-dealkylation sites (tertiary alicyclic amines) is 1. The molecule has 5 nitrogen and oxygen atoms in total. The molecule has 0 radical (unpaired) electrons. The second-order valence-corrected chi connectivity index (χ2v) is 5.35. The Morgan fingerprint density at radius 1 is 1.52 bits per heavy atom. The fraction of sp³-hybridized carbons (Fsp3) is 0.625. The molecule has 1 fully saturated rings. The number of hydrogen-bond acceptors (Lipinski definition) is 4. The van der Waals surface area contributed by atoms with E-state index >= 15 is 0 Å². The fourth-order valence-electron chi connectivity index (χ4n) is 2.57. The van der Waals surface area contributed by atoms with Crippen LogP contribution in [-0.2, 0) is 4.74 Å². The lowest BCUT2D eigenvalue weighted by Gasteiger charge is -2.32. The zero-order valence-electron chi connectivity index (χ0n) is 13.0. The minimum atomic E-state index is 0.0707. The monoisotopic (exact) mass is 291 g/mol. The van der Waals surface area contributed by atoms with Crippen molar-refractivity contribution in [1.82, 2.24) is 9.88 Å². The third-order valence-electron chi connectivity index (χ3n) is 3.59. The molecule has 0 spiro atoms. The van der Waals surface area contributed by atoms with Gasteiger partial charge in [0.05, 0.1) is 6.10 Å². The van der Waals surface area contributed by atoms with Crippen LogP contribution < -0.4 is 5.32 Å². The van der Waals surface area contributed by atoms with Gasteiger partial charge in [0.1, 0.15) is 5.82 Å². The van der Waals surface area contributed by atoms with Crippen LogP contribution in [0.5, 0.6) is 0 Å². The van der Waals surface area contributed by atoms with Crippen LogP contribution in [0.15, 0.2) is 18.3 Å². The molecule has 21 heavy (non-hydrogen) atoms. The van der Waals surface area contributed by atoms with Crippen LogP contribution >= 0.6 is 0 Å². The van der Waals surface area contributed by atoms with Crippen molar-refractivity contribution in [2.75, 3.05) is 31.6 Å². The van der Waals surface area contributed by atoms with Gasteiger partial charge in [-0.05, 0) is 38.3 Å². The maximum Gasteiger partial charge on any atom is 0.254 e. The second-order valence-electron chi connectivity index (χ2n) is 5.35. The van der Waals surface area contributed by atoms with Gasteiger partial charge in [-0.1, -0.05) is 6.92 Å². The highest BCUT2D eigenvalue weighted by Crippen LogP contribution is 2.17. The first-order valence-electron chi connectivity index (χ1n) is 7.85. The molecule has 0 bridgehead atoms.